The van der Waals surface area contributed by atoms with Crippen molar-refractivity contribution in [1.82, 2.24) is 4.72 Å². The van der Waals surface area contributed by atoms with E-state index in [4.69, 9.17) is 9.15 Å². The van der Waals surface area contributed by atoms with E-state index in [1.165, 1.54) is 23.1 Å². The number of nitrogens with zero attached hydrogens (tertiary/aromatic N) is 1. The van der Waals surface area contributed by atoms with Gasteiger partial charge in [0, 0.05) is 15.9 Å². The molecule has 0 saturated heterocycles. The van der Waals surface area contributed by atoms with Gasteiger partial charge in [0.2, 0.25) is 10.0 Å². The zero-order valence-electron chi connectivity index (χ0n) is 19.5. The molecule has 2 aromatic carbocycles. The van der Waals surface area contributed by atoms with Gasteiger partial charge >= 0.3 is 5.97 Å². The molecule has 0 saturated carbocycles. The number of anilines is 1. The molecule has 0 bridgehead atoms. The molecule has 1 aliphatic heterocycles. The van der Waals surface area contributed by atoms with Crippen molar-refractivity contribution in [2.45, 2.75) is 25.3 Å². The summed E-state index contributed by atoms with van der Waals surface area (Å²) in [5, 5.41) is 0. The molecule has 0 spiro atoms. The van der Waals surface area contributed by atoms with Gasteiger partial charge in [0.15, 0.2) is 0 Å². The van der Waals surface area contributed by atoms with Crippen LogP contribution >= 0.6 is 15.9 Å². The maximum Gasteiger partial charge on any atom is 0.340 e. The Morgan fingerprint density at radius 3 is 2.44 bits per heavy atom. The molecule has 0 unspecified atom stereocenters. The minimum Gasteiger partial charge on any atom is -0.462 e. The van der Waals surface area contributed by atoms with Crippen LogP contribution in [-0.4, -0.2) is 26.9 Å². The number of sulfonamides is 1. The maximum atomic E-state index is 13.4. The number of ether oxygens (including phenoxy) is 1. The molecular weight excluding hydrogens is 548 g/mol. The Morgan fingerprint density at radius 2 is 1.78 bits per heavy atom. The number of hydrogen-bond donors (Lipinski definition) is 1. The Balaban J connectivity index is 1.61. The first kappa shape index (κ1) is 25.6. The number of carbonyl (C=O) groups excluding carboxylic acids is 2. The largest absolute Gasteiger partial charge is 0.462 e. The molecule has 0 aliphatic carbocycles. The van der Waals surface area contributed by atoms with Crippen LogP contribution in [0.4, 0.5) is 5.69 Å². The molecule has 10 heteroatoms. The van der Waals surface area contributed by atoms with E-state index in [0.717, 1.165) is 4.47 Å². The number of hydrogen-bond acceptors (Lipinski definition) is 6. The third-order valence-corrected chi connectivity index (χ3v) is 7.37. The maximum absolute atomic E-state index is 13.4. The van der Waals surface area contributed by atoms with Crippen LogP contribution in [0.1, 0.15) is 25.4 Å². The lowest BCUT2D eigenvalue weighted by Crippen LogP contribution is -2.24. The summed E-state index contributed by atoms with van der Waals surface area (Å²) in [6, 6.07) is 18.3. The smallest absolute Gasteiger partial charge is 0.340 e. The highest BCUT2D eigenvalue weighted by atomic mass is 79.9. The van der Waals surface area contributed by atoms with E-state index in [1.54, 1.807) is 68.4 Å². The Kier molecular flexibility index (Phi) is 7.58. The van der Waals surface area contributed by atoms with Crippen LogP contribution in [0.15, 0.2) is 97.4 Å². The second kappa shape index (κ2) is 10.7. The molecule has 1 aliphatic rings. The standard InChI is InChI=1S/C26H23BrN2O6S/c1-3-34-26(31)24-17(2)29(19-11-9-18(27)10-12-19)25(30)23(24)15-20-13-14-21(35-20)16-28-36(32,33)22-7-5-4-6-8-22/h4-15,28H,3,16H2,1-2H3/b23-15-. The van der Waals surface area contributed by atoms with E-state index >= 15 is 0 Å². The molecular formula is C26H23BrN2O6S. The molecule has 1 aromatic heterocycles. The first-order valence-electron chi connectivity index (χ1n) is 11.0. The number of benzene rings is 2. The number of allylic oxidation sites excluding steroid dienone is 1. The van der Waals surface area contributed by atoms with Crippen molar-refractivity contribution in [3.8, 4) is 0 Å². The first-order chi connectivity index (χ1) is 17.2. The predicted octanol–water partition coefficient (Wildman–Crippen LogP) is 4.79. The van der Waals surface area contributed by atoms with Gasteiger partial charge in [-0.25, -0.2) is 17.9 Å². The molecule has 186 valence electrons. The molecule has 1 N–H and O–H groups in total. The summed E-state index contributed by atoms with van der Waals surface area (Å²) in [5.41, 5.74) is 1.31. The van der Waals surface area contributed by atoms with Gasteiger partial charge in [-0.05, 0) is 68.5 Å². The Bertz CT molecular complexity index is 1460. The van der Waals surface area contributed by atoms with Crippen molar-refractivity contribution >= 4 is 49.6 Å². The topological polar surface area (TPSA) is 106 Å². The van der Waals surface area contributed by atoms with Crippen LogP contribution in [0.25, 0.3) is 6.08 Å². The second-order valence-electron chi connectivity index (χ2n) is 7.80. The molecule has 1 amide bonds. The Morgan fingerprint density at radius 1 is 1.08 bits per heavy atom. The fourth-order valence-electron chi connectivity index (χ4n) is 3.74. The summed E-state index contributed by atoms with van der Waals surface area (Å²) >= 11 is 3.38. The van der Waals surface area contributed by atoms with Crippen LogP contribution in [0.5, 0.6) is 0 Å². The van der Waals surface area contributed by atoms with Gasteiger partial charge in [-0.1, -0.05) is 34.1 Å². The van der Waals surface area contributed by atoms with Crippen LogP contribution in [0.2, 0.25) is 0 Å². The number of esters is 1. The van der Waals surface area contributed by atoms with Crippen LogP contribution in [-0.2, 0) is 30.9 Å². The Labute approximate surface area is 217 Å². The van der Waals surface area contributed by atoms with E-state index < -0.39 is 21.9 Å². The van der Waals surface area contributed by atoms with Crippen molar-refractivity contribution in [3.05, 3.63) is 99.6 Å². The van der Waals surface area contributed by atoms with Gasteiger partial charge in [-0.15, -0.1) is 0 Å². The van der Waals surface area contributed by atoms with Gasteiger partial charge in [0.25, 0.3) is 5.91 Å². The highest BCUT2D eigenvalue weighted by molar-refractivity contribution is 9.10. The van der Waals surface area contributed by atoms with Gasteiger partial charge in [0.05, 0.1) is 29.2 Å². The summed E-state index contributed by atoms with van der Waals surface area (Å²) in [5.74, 6) is -0.383. The molecule has 4 rings (SSSR count). The van der Waals surface area contributed by atoms with Crippen LogP contribution < -0.4 is 9.62 Å². The van der Waals surface area contributed by atoms with Gasteiger partial charge in [-0.3, -0.25) is 9.69 Å². The lowest BCUT2D eigenvalue weighted by atomic mass is 10.1. The number of furan rings is 1. The quantitative estimate of drug-likeness (QED) is 0.308. The lowest BCUT2D eigenvalue weighted by molar-refractivity contribution is -0.138. The normalized spacial score (nSPS) is 15.1. The van der Waals surface area contributed by atoms with Crippen molar-refractivity contribution in [1.29, 1.82) is 0 Å². The van der Waals surface area contributed by atoms with Crippen molar-refractivity contribution in [2.24, 2.45) is 0 Å². The number of halogens is 1. The molecule has 36 heavy (non-hydrogen) atoms. The van der Waals surface area contributed by atoms with Crippen molar-refractivity contribution in [2.75, 3.05) is 11.5 Å². The minimum absolute atomic E-state index is 0.0844. The predicted molar refractivity (Wildman–Crippen MR) is 138 cm³/mol. The molecule has 3 aromatic rings. The van der Waals surface area contributed by atoms with E-state index in [1.807, 2.05) is 0 Å². The summed E-state index contributed by atoms with van der Waals surface area (Å²) in [6.07, 6.45) is 1.46. The highest BCUT2D eigenvalue weighted by Gasteiger charge is 2.38. The molecule has 0 fully saturated rings. The summed E-state index contributed by atoms with van der Waals surface area (Å²) in [6.45, 7) is 3.44. The number of amides is 1. The molecule has 2 heterocycles. The van der Waals surface area contributed by atoms with E-state index in [2.05, 4.69) is 20.7 Å². The van der Waals surface area contributed by atoms with Crippen molar-refractivity contribution in [3.63, 3.8) is 0 Å². The minimum atomic E-state index is -3.71. The Hall–Kier alpha value is -3.47. The van der Waals surface area contributed by atoms with Crippen molar-refractivity contribution < 1.29 is 27.2 Å². The molecule has 0 atom stereocenters. The molecule has 0 radical (unpaired) electrons. The van der Waals surface area contributed by atoms with Crippen LogP contribution in [0, 0.1) is 0 Å². The number of rotatable bonds is 8. The van der Waals surface area contributed by atoms with E-state index in [0.29, 0.717) is 22.9 Å². The fourth-order valence-corrected chi connectivity index (χ4v) is 5.02. The van der Waals surface area contributed by atoms with E-state index in [-0.39, 0.29) is 29.2 Å². The number of carbonyl (C=O) groups is 2. The van der Waals surface area contributed by atoms with Crippen LogP contribution in [0.3, 0.4) is 0 Å². The first-order valence-corrected chi connectivity index (χ1v) is 13.3. The van der Waals surface area contributed by atoms with Gasteiger partial charge < -0.3 is 9.15 Å². The SMILES string of the molecule is CCOC(=O)C1=C(C)N(c2ccc(Br)cc2)C(=O)/C1=C\c1ccc(CNS(=O)(=O)c2ccccc2)o1. The van der Waals surface area contributed by atoms with Gasteiger partial charge in [0.1, 0.15) is 11.5 Å². The summed E-state index contributed by atoms with van der Waals surface area (Å²) in [7, 11) is -3.71. The third kappa shape index (κ3) is 5.35. The highest BCUT2D eigenvalue weighted by Crippen LogP contribution is 2.36. The monoisotopic (exact) mass is 570 g/mol. The van der Waals surface area contributed by atoms with E-state index in [9.17, 15) is 18.0 Å². The lowest BCUT2D eigenvalue weighted by Gasteiger charge is -2.17. The average Bonchev–Trinajstić information content (AvgIpc) is 3.41. The third-order valence-electron chi connectivity index (χ3n) is 5.42. The molecule has 8 nitrogen and oxygen atoms in total. The van der Waals surface area contributed by atoms with Gasteiger partial charge in [-0.2, -0.15) is 0 Å². The summed E-state index contributed by atoms with van der Waals surface area (Å²) < 4.78 is 39.2. The number of nitrogens with one attached hydrogen (secondary N) is 1. The summed E-state index contributed by atoms with van der Waals surface area (Å²) in [4.78, 5) is 27.8. The second-order valence-corrected chi connectivity index (χ2v) is 10.5. The fraction of sp³-hybridized carbons (Fsp3) is 0.154. The average molecular weight is 571 g/mol. The zero-order valence-corrected chi connectivity index (χ0v) is 21.9. The zero-order chi connectivity index (χ0) is 25.9.